The zero-order valence-corrected chi connectivity index (χ0v) is 8.61. The van der Waals surface area contributed by atoms with Gasteiger partial charge < -0.3 is 4.90 Å². The van der Waals surface area contributed by atoms with Crippen LogP contribution in [0.1, 0.15) is 19.3 Å². The molecule has 88 valence electrons. The normalized spacial score (nSPS) is 22.2. The van der Waals surface area contributed by atoms with Gasteiger partial charge in [-0.25, -0.2) is 9.97 Å². The van der Waals surface area contributed by atoms with Crippen LogP contribution in [-0.2, 0) is 0 Å². The highest BCUT2D eigenvalue weighted by Gasteiger charge is 2.44. The number of anilines is 1. The molecule has 0 radical (unpaired) electrons. The third-order valence-electron chi connectivity index (χ3n) is 2.74. The number of nitrogens with zero attached hydrogens (tertiary/aromatic N) is 3. The van der Waals surface area contributed by atoms with Gasteiger partial charge in [0.2, 0.25) is 0 Å². The van der Waals surface area contributed by atoms with Crippen LogP contribution >= 0.6 is 0 Å². The average molecular weight is 231 g/mol. The Kier molecular flexibility index (Phi) is 2.98. The Balaban J connectivity index is 2.24. The van der Waals surface area contributed by atoms with Gasteiger partial charge in [0.15, 0.2) is 0 Å². The molecule has 1 unspecified atom stereocenters. The molecule has 1 aliphatic heterocycles. The Hall–Kier alpha value is -1.33. The summed E-state index contributed by atoms with van der Waals surface area (Å²) in [7, 11) is 0. The van der Waals surface area contributed by atoms with Crippen LogP contribution in [-0.4, -0.2) is 28.7 Å². The van der Waals surface area contributed by atoms with Crippen molar-refractivity contribution in [2.24, 2.45) is 0 Å². The molecule has 2 heterocycles. The molecule has 2 rings (SSSR count). The van der Waals surface area contributed by atoms with Crippen molar-refractivity contribution in [3.63, 3.8) is 0 Å². The fraction of sp³-hybridized carbons (Fsp3) is 0.600. The molecule has 3 nitrogen and oxygen atoms in total. The fourth-order valence-electron chi connectivity index (χ4n) is 2.00. The van der Waals surface area contributed by atoms with E-state index < -0.39 is 12.2 Å². The highest BCUT2D eigenvalue weighted by atomic mass is 19.4. The minimum Gasteiger partial charge on any atom is -0.344 e. The van der Waals surface area contributed by atoms with E-state index >= 15 is 0 Å². The van der Waals surface area contributed by atoms with Gasteiger partial charge in [-0.05, 0) is 25.3 Å². The topological polar surface area (TPSA) is 29.0 Å². The number of rotatable bonds is 1. The van der Waals surface area contributed by atoms with E-state index in [1.807, 2.05) is 0 Å². The first-order valence-electron chi connectivity index (χ1n) is 5.18. The van der Waals surface area contributed by atoms with Crippen LogP contribution in [0, 0.1) is 0 Å². The minimum absolute atomic E-state index is 0.146. The first-order valence-corrected chi connectivity index (χ1v) is 5.18. The van der Waals surface area contributed by atoms with Crippen LogP contribution in [0.15, 0.2) is 18.6 Å². The van der Waals surface area contributed by atoms with Crippen molar-refractivity contribution in [2.45, 2.75) is 31.5 Å². The largest absolute Gasteiger partial charge is 0.408 e. The molecule has 0 aliphatic carbocycles. The van der Waals surface area contributed by atoms with Gasteiger partial charge >= 0.3 is 6.18 Å². The van der Waals surface area contributed by atoms with Gasteiger partial charge in [0, 0.05) is 12.7 Å². The van der Waals surface area contributed by atoms with E-state index in [0.29, 0.717) is 18.8 Å². The Morgan fingerprint density at radius 2 is 2.12 bits per heavy atom. The fourth-order valence-corrected chi connectivity index (χ4v) is 2.00. The summed E-state index contributed by atoms with van der Waals surface area (Å²) in [6.07, 6.45) is 0.0863. The van der Waals surface area contributed by atoms with Crippen LogP contribution < -0.4 is 4.90 Å². The van der Waals surface area contributed by atoms with E-state index in [0.717, 1.165) is 6.42 Å². The number of alkyl halides is 3. The summed E-state index contributed by atoms with van der Waals surface area (Å²) in [6, 6.07) is 0.112. The second-order valence-electron chi connectivity index (χ2n) is 3.81. The van der Waals surface area contributed by atoms with Crippen molar-refractivity contribution in [1.82, 2.24) is 9.97 Å². The summed E-state index contributed by atoms with van der Waals surface area (Å²) in [5.74, 6) is 0.358. The number of aromatic nitrogens is 2. The van der Waals surface area contributed by atoms with Gasteiger partial charge in [-0.3, -0.25) is 0 Å². The molecule has 0 saturated carbocycles. The molecule has 6 heteroatoms. The van der Waals surface area contributed by atoms with E-state index in [2.05, 4.69) is 9.97 Å². The van der Waals surface area contributed by atoms with Crippen LogP contribution in [0.3, 0.4) is 0 Å². The lowest BCUT2D eigenvalue weighted by atomic mass is 10.0. The van der Waals surface area contributed by atoms with E-state index in [9.17, 15) is 13.2 Å². The van der Waals surface area contributed by atoms with E-state index in [-0.39, 0.29) is 6.42 Å². The SMILES string of the molecule is FC(F)(F)C1CCCCN1c1ccncn1. The maximum absolute atomic E-state index is 12.8. The Labute approximate surface area is 91.3 Å². The lowest BCUT2D eigenvalue weighted by molar-refractivity contribution is -0.152. The highest BCUT2D eigenvalue weighted by molar-refractivity contribution is 5.39. The molecule has 0 aromatic carbocycles. The van der Waals surface area contributed by atoms with Crippen molar-refractivity contribution in [3.05, 3.63) is 18.6 Å². The zero-order chi connectivity index (χ0) is 11.6. The lowest BCUT2D eigenvalue weighted by Gasteiger charge is -2.37. The van der Waals surface area contributed by atoms with Crippen LogP contribution in [0.25, 0.3) is 0 Å². The molecule has 0 spiro atoms. The minimum atomic E-state index is -4.19. The summed E-state index contributed by atoms with van der Waals surface area (Å²) >= 11 is 0. The summed E-state index contributed by atoms with van der Waals surface area (Å²) in [4.78, 5) is 8.91. The van der Waals surface area contributed by atoms with Crippen LogP contribution in [0.5, 0.6) is 0 Å². The van der Waals surface area contributed by atoms with Crippen molar-refractivity contribution in [1.29, 1.82) is 0 Å². The highest BCUT2D eigenvalue weighted by Crippen LogP contribution is 2.33. The summed E-state index contributed by atoms with van der Waals surface area (Å²) in [5, 5.41) is 0. The summed E-state index contributed by atoms with van der Waals surface area (Å²) in [5.41, 5.74) is 0. The smallest absolute Gasteiger partial charge is 0.344 e. The summed E-state index contributed by atoms with van der Waals surface area (Å²) in [6.45, 7) is 0.404. The molecular formula is C10H12F3N3. The first kappa shape index (κ1) is 11.2. The standard InChI is InChI=1S/C10H12F3N3/c11-10(12,13)8-3-1-2-6-16(8)9-4-5-14-7-15-9/h4-5,7-8H,1-3,6H2. The van der Waals surface area contributed by atoms with Gasteiger partial charge in [0.1, 0.15) is 18.2 Å². The van der Waals surface area contributed by atoms with E-state index in [1.54, 1.807) is 0 Å². The molecule has 1 fully saturated rings. The maximum Gasteiger partial charge on any atom is 0.408 e. The number of hydrogen-bond acceptors (Lipinski definition) is 3. The molecule has 1 aromatic rings. The van der Waals surface area contributed by atoms with Gasteiger partial charge in [-0.2, -0.15) is 13.2 Å². The van der Waals surface area contributed by atoms with E-state index in [4.69, 9.17) is 0 Å². The number of hydrogen-bond donors (Lipinski definition) is 0. The predicted molar refractivity (Wildman–Crippen MR) is 53.1 cm³/mol. The van der Waals surface area contributed by atoms with Crippen molar-refractivity contribution >= 4 is 5.82 Å². The molecule has 1 aliphatic rings. The molecule has 0 bridgehead atoms. The second kappa shape index (κ2) is 4.27. The molecular weight excluding hydrogens is 219 g/mol. The molecule has 0 N–H and O–H groups in total. The molecule has 1 aromatic heterocycles. The van der Waals surface area contributed by atoms with Gasteiger partial charge in [-0.15, -0.1) is 0 Å². The van der Waals surface area contributed by atoms with Crippen LogP contribution in [0.2, 0.25) is 0 Å². The van der Waals surface area contributed by atoms with Gasteiger partial charge in [0.25, 0.3) is 0 Å². The van der Waals surface area contributed by atoms with Crippen molar-refractivity contribution in [2.75, 3.05) is 11.4 Å². The number of halogens is 3. The Morgan fingerprint density at radius 3 is 2.75 bits per heavy atom. The lowest BCUT2D eigenvalue weighted by Crippen LogP contribution is -2.49. The quantitative estimate of drug-likeness (QED) is 0.743. The van der Waals surface area contributed by atoms with Gasteiger partial charge in [0.05, 0.1) is 0 Å². The van der Waals surface area contributed by atoms with Gasteiger partial charge in [-0.1, -0.05) is 0 Å². The monoisotopic (exact) mass is 231 g/mol. The predicted octanol–water partition coefficient (Wildman–Crippen LogP) is 2.40. The number of piperidine rings is 1. The third-order valence-corrected chi connectivity index (χ3v) is 2.74. The van der Waals surface area contributed by atoms with Crippen molar-refractivity contribution < 1.29 is 13.2 Å². The zero-order valence-electron chi connectivity index (χ0n) is 8.61. The van der Waals surface area contributed by atoms with Crippen LogP contribution in [0.4, 0.5) is 19.0 Å². The summed E-state index contributed by atoms with van der Waals surface area (Å²) < 4.78 is 38.4. The maximum atomic E-state index is 12.8. The average Bonchev–Trinajstić information content (AvgIpc) is 2.29. The van der Waals surface area contributed by atoms with Crippen molar-refractivity contribution in [3.8, 4) is 0 Å². The Morgan fingerprint density at radius 1 is 1.31 bits per heavy atom. The molecule has 0 amide bonds. The molecule has 1 atom stereocenters. The Bertz CT molecular complexity index is 339. The first-order chi connectivity index (χ1) is 7.59. The van der Waals surface area contributed by atoms with E-state index in [1.165, 1.54) is 23.5 Å². The molecule has 16 heavy (non-hydrogen) atoms. The molecule has 1 saturated heterocycles. The third kappa shape index (κ3) is 2.25. The second-order valence-corrected chi connectivity index (χ2v) is 3.81.